The number of aryl methyl sites for hydroxylation is 3. The number of nitrogens with zero attached hydrogens (tertiary/aromatic N) is 5. The average molecular weight is 1490 g/mol. The van der Waals surface area contributed by atoms with Crippen LogP contribution in [0.25, 0.3) is 55.2 Å². The Hall–Kier alpha value is -8.19. The fourth-order valence-corrected chi connectivity index (χ4v) is 11.1. The van der Waals surface area contributed by atoms with Gasteiger partial charge in [0, 0.05) is 86.3 Å². The van der Waals surface area contributed by atoms with Crippen LogP contribution in [0, 0.1) is 14.9 Å². The summed E-state index contributed by atoms with van der Waals surface area (Å²) in [6.07, 6.45) is 2.74. The molecule has 0 bridgehead atoms. The molecule has 0 spiro atoms. The van der Waals surface area contributed by atoms with Crippen LogP contribution in [0.15, 0.2) is 151 Å². The summed E-state index contributed by atoms with van der Waals surface area (Å²) in [5, 5.41) is 14.5. The van der Waals surface area contributed by atoms with E-state index in [0.717, 1.165) is 49.3 Å². The third-order valence-electron chi connectivity index (χ3n) is 12.7. The smallest absolute Gasteiger partial charge is 0.421 e. The van der Waals surface area contributed by atoms with Crippen molar-refractivity contribution in [3.05, 3.63) is 155 Å². The lowest BCUT2D eigenvalue weighted by molar-refractivity contribution is -0.0504. The van der Waals surface area contributed by atoms with E-state index in [2.05, 4.69) is 77.2 Å². The van der Waals surface area contributed by atoms with Crippen molar-refractivity contribution in [2.45, 2.75) is 81.0 Å². The summed E-state index contributed by atoms with van der Waals surface area (Å²) in [6, 6.07) is 41.3. The summed E-state index contributed by atoms with van der Waals surface area (Å²) in [5.41, 5.74) is 7.38. The molecule has 0 saturated carbocycles. The lowest BCUT2D eigenvalue weighted by atomic mass is 10.1. The van der Waals surface area contributed by atoms with Crippen LogP contribution < -0.4 is 28.4 Å². The minimum atomic E-state index is -4.14. The normalized spacial score (nSPS) is 11.4. The van der Waals surface area contributed by atoms with Gasteiger partial charge in [0.15, 0.2) is 0 Å². The molecule has 6 aromatic carbocycles. The SMILES string of the molecule is CCS(=O)(=O)Nc1ccc(I)cc1.CCn1c(-c2ccc(NS(=O)(=O)CC)cc2)c(C#N)c2ccc(OC(F)F)cc21.CCn1c(-c2ccc(NS(=O)(=O)CC)cc2)cc2ccc(OC(F)F)cc21.CCn1ccc2ccc(OC(F)F)cc21.O=C=NOS(=O)(=O)Cl. The van der Waals surface area contributed by atoms with Gasteiger partial charge in [0.25, 0.3) is 6.08 Å². The average Bonchev–Trinajstić information content (AvgIpc) is 1.62. The van der Waals surface area contributed by atoms with E-state index in [4.69, 9.17) is 4.79 Å². The number of fused-ring (bicyclic) bond motifs is 3. The third kappa shape index (κ3) is 22.3. The first kappa shape index (κ1) is 74.5. The molecule has 0 amide bonds. The molecule has 9 rings (SSSR count). The van der Waals surface area contributed by atoms with E-state index >= 15 is 0 Å². The van der Waals surface area contributed by atoms with Gasteiger partial charge in [-0.05, 0) is 178 Å². The molecule has 3 heterocycles. The summed E-state index contributed by atoms with van der Waals surface area (Å²) in [7, 11) is -9.61. The molecule has 3 N–H and O–H groups in total. The number of ether oxygens (including phenoxy) is 3. The Morgan fingerprint density at radius 2 is 0.957 bits per heavy atom. The van der Waals surface area contributed by atoms with Crippen molar-refractivity contribution in [1.82, 2.24) is 13.7 Å². The van der Waals surface area contributed by atoms with Crippen LogP contribution in [-0.2, 0) is 68.1 Å². The maximum atomic E-state index is 12.6. The van der Waals surface area contributed by atoms with E-state index in [1.807, 2.05) is 77.1 Å². The van der Waals surface area contributed by atoms with Crippen molar-refractivity contribution >= 4 is 129 Å². The highest BCUT2D eigenvalue weighted by Crippen LogP contribution is 2.37. The van der Waals surface area contributed by atoms with Crippen molar-refractivity contribution in [1.29, 1.82) is 5.26 Å². The highest BCUT2D eigenvalue weighted by atomic mass is 127. The molecule has 9 aromatic rings. The Morgan fingerprint density at radius 1 is 0.533 bits per heavy atom. The van der Waals surface area contributed by atoms with E-state index in [9.17, 15) is 65.3 Å². The maximum absolute atomic E-state index is 12.6. The summed E-state index contributed by atoms with van der Waals surface area (Å²) in [4.78, 5) is 9.11. The second kappa shape index (κ2) is 33.9. The lowest BCUT2D eigenvalue weighted by Gasteiger charge is -2.11. The van der Waals surface area contributed by atoms with Crippen LogP contribution in [0.1, 0.15) is 47.1 Å². The van der Waals surface area contributed by atoms with Gasteiger partial charge in [-0.1, -0.05) is 24.3 Å². The second-order valence-electron chi connectivity index (χ2n) is 18.5. The summed E-state index contributed by atoms with van der Waals surface area (Å²) >= 11 is 2.17. The van der Waals surface area contributed by atoms with Gasteiger partial charge in [0.1, 0.15) is 23.3 Å². The number of alkyl halides is 6. The standard InChI is InChI=1S/C20H19F2N3O3S.C19H20F2N2O3S.C11H11F2NO.C8H10INO2S.CClNO4S/c1-3-25-18-11-15(28-20(21)22)9-10-16(18)17(12-23)19(25)13-5-7-14(8-6-13)24-29(26,27)4-2;1-3-23-17(11-14-7-10-16(12-18(14)23)26-19(20)21)13-5-8-15(9-6-13)22-27(24,25)4-2;1-2-14-6-5-8-3-4-9(7-10(8)14)15-11(12)13;1-2-13(11,12)10-8-5-3-7(9)4-6-8;2-8(5,6)7-3-1-4/h5-11,20,24H,3-4H2,1-2H3;5-12,19,22H,3-4H2,1-2H3;3-7,11H,2H2,1H3;3-6,10H,2H2,1H3;. The molecule has 0 atom stereocenters. The highest BCUT2D eigenvalue weighted by molar-refractivity contribution is 14.1. The van der Waals surface area contributed by atoms with Gasteiger partial charge in [-0.25, -0.2) is 34.3 Å². The Labute approximate surface area is 545 Å². The molecule has 0 unspecified atom stereocenters. The van der Waals surface area contributed by atoms with Gasteiger partial charge in [0.05, 0.1) is 55.7 Å². The van der Waals surface area contributed by atoms with Crippen molar-refractivity contribution < 1.29 is 83.3 Å². The minimum absolute atomic E-state index is 0.00183. The van der Waals surface area contributed by atoms with Gasteiger partial charge >= 0.3 is 29.2 Å². The maximum Gasteiger partial charge on any atom is 0.421 e. The molecule has 0 aliphatic rings. The predicted molar refractivity (Wildman–Crippen MR) is 351 cm³/mol. The molecule has 3 aromatic heterocycles. The van der Waals surface area contributed by atoms with Crippen LogP contribution in [0.5, 0.6) is 17.2 Å². The van der Waals surface area contributed by atoms with Gasteiger partial charge in [-0.2, -0.15) is 40.0 Å². The largest absolute Gasteiger partial charge is 0.435 e. The zero-order chi connectivity index (χ0) is 68.1. The molecular formula is C59H60ClF6IN8O13S4. The number of nitrogens with one attached hydrogen (secondary N) is 3. The van der Waals surface area contributed by atoms with E-state index in [0.29, 0.717) is 57.9 Å². The molecule has 494 valence electrons. The van der Waals surface area contributed by atoms with Gasteiger partial charge < -0.3 is 27.9 Å². The zero-order valence-corrected chi connectivity index (χ0v) is 55.7. The number of benzene rings is 6. The Morgan fingerprint density at radius 3 is 1.36 bits per heavy atom. The fourth-order valence-electron chi connectivity index (χ4n) is 8.59. The van der Waals surface area contributed by atoms with Crippen LogP contribution >= 0.6 is 33.3 Å². The van der Waals surface area contributed by atoms with Crippen molar-refractivity contribution in [3.8, 4) is 45.8 Å². The molecule has 33 heteroatoms. The van der Waals surface area contributed by atoms with E-state index in [1.54, 1.807) is 106 Å². The topological polar surface area (TPSA) is 278 Å². The van der Waals surface area contributed by atoms with Crippen LogP contribution in [0.3, 0.4) is 0 Å². The zero-order valence-electron chi connectivity index (χ0n) is 49.5. The summed E-state index contributed by atoms with van der Waals surface area (Å²) in [6.45, 7) is 3.94. The Bertz CT molecular complexity index is 4520. The van der Waals surface area contributed by atoms with E-state index in [1.165, 1.54) is 18.2 Å². The van der Waals surface area contributed by atoms with Gasteiger partial charge in [-0.3, -0.25) is 14.2 Å². The second-order valence-corrected chi connectivity index (χ2v) is 27.9. The van der Waals surface area contributed by atoms with Crippen LogP contribution in [0.2, 0.25) is 0 Å². The number of hydrogen-bond acceptors (Lipinski definition) is 15. The fraction of sp³-hybridized carbons (Fsp3) is 0.254. The predicted octanol–water partition coefficient (Wildman–Crippen LogP) is 14.3. The molecule has 0 fully saturated rings. The monoisotopic (exact) mass is 1490 g/mol. The van der Waals surface area contributed by atoms with Crippen molar-refractivity contribution in [2.75, 3.05) is 31.4 Å². The number of carbonyl (C=O) groups excluding carboxylic acids is 1. The Kier molecular flexibility index (Phi) is 27.5. The number of anilines is 3. The first-order valence-corrected chi connectivity index (χ1v) is 35.5. The van der Waals surface area contributed by atoms with E-state index in [-0.39, 0.29) is 34.5 Å². The van der Waals surface area contributed by atoms with Crippen LogP contribution in [0.4, 0.5) is 43.4 Å². The number of hydrogen-bond donors (Lipinski definition) is 3. The molecule has 92 heavy (non-hydrogen) atoms. The molecule has 21 nitrogen and oxygen atoms in total. The summed E-state index contributed by atoms with van der Waals surface area (Å²) in [5.74, 6) is 0.383. The number of rotatable bonds is 22. The number of sulfonamides is 3. The first-order chi connectivity index (χ1) is 43.4. The number of aromatic nitrogens is 3. The van der Waals surface area contributed by atoms with Crippen molar-refractivity contribution in [2.24, 2.45) is 5.16 Å². The number of halogens is 8. The quantitative estimate of drug-likeness (QED) is 0.0142. The molecule has 0 aliphatic heterocycles. The van der Waals surface area contributed by atoms with Crippen molar-refractivity contribution in [3.63, 3.8) is 0 Å². The molecule has 0 aliphatic carbocycles. The van der Waals surface area contributed by atoms with Gasteiger partial charge in [-0.15, -0.1) is 0 Å². The number of nitriles is 1. The van der Waals surface area contributed by atoms with E-state index < -0.39 is 59.2 Å². The van der Waals surface area contributed by atoms with Crippen LogP contribution in [-0.4, -0.2) is 90.5 Å². The first-order valence-electron chi connectivity index (χ1n) is 27.2. The minimum Gasteiger partial charge on any atom is -0.435 e. The number of isocyanates is 1. The summed E-state index contributed by atoms with van der Waals surface area (Å²) < 4.78 is 193. The third-order valence-corrected chi connectivity index (χ3v) is 17.8. The van der Waals surface area contributed by atoms with Gasteiger partial charge in [0.2, 0.25) is 30.1 Å². The molecule has 0 radical (unpaired) electrons. The highest BCUT2D eigenvalue weighted by Gasteiger charge is 2.21. The lowest BCUT2D eigenvalue weighted by Crippen LogP contribution is -2.14. The molecule has 0 saturated heterocycles. The molecular weight excluding hydrogens is 1430 g/mol. The Balaban J connectivity index is 0.000000223.